The normalized spacial score (nSPS) is 17.6. The largest absolute Gasteiger partial charge is 0.497 e. The van der Waals surface area contributed by atoms with Gasteiger partial charge in [0.2, 0.25) is 5.91 Å². The summed E-state index contributed by atoms with van der Waals surface area (Å²) in [6, 6.07) is 12.0. The molecule has 130 valence electrons. The second-order valence-electron chi connectivity index (χ2n) is 5.87. The summed E-state index contributed by atoms with van der Waals surface area (Å²) in [6.45, 7) is 2.47. The lowest BCUT2D eigenvalue weighted by atomic mass is 10.1. The maximum atomic E-state index is 13.1. The van der Waals surface area contributed by atoms with E-state index in [9.17, 15) is 14.0 Å². The van der Waals surface area contributed by atoms with Gasteiger partial charge in [0, 0.05) is 24.3 Å². The third kappa shape index (κ3) is 3.33. The Kier molecular flexibility index (Phi) is 4.70. The molecular weight excluding hydrogens is 323 g/mol. The summed E-state index contributed by atoms with van der Waals surface area (Å²) in [5, 5.41) is 0. The highest BCUT2D eigenvalue weighted by Crippen LogP contribution is 2.23. The third-order valence-corrected chi connectivity index (χ3v) is 4.37. The molecule has 0 N–H and O–H groups in total. The summed E-state index contributed by atoms with van der Waals surface area (Å²) in [5.74, 6) is -0.154. The van der Waals surface area contributed by atoms with Crippen LogP contribution in [0.25, 0.3) is 0 Å². The molecule has 0 radical (unpaired) electrons. The maximum absolute atomic E-state index is 13.1. The van der Waals surface area contributed by atoms with Crippen LogP contribution in [0.1, 0.15) is 17.3 Å². The van der Waals surface area contributed by atoms with E-state index in [0.717, 1.165) is 0 Å². The first-order chi connectivity index (χ1) is 12.0. The monoisotopic (exact) mass is 342 g/mol. The van der Waals surface area contributed by atoms with E-state index >= 15 is 0 Å². The molecule has 0 bridgehead atoms. The highest BCUT2D eigenvalue weighted by Gasteiger charge is 2.35. The molecule has 1 atom stereocenters. The molecule has 1 heterocycles. The van der Waals surface area contributed by atoms with Crippen molar-refractivity contribution in [3.05, 3.63) is 59.9 Å². The fourth-order valence-electron chi connectivity index (χ4n) is 2.95. The molecule has 1 aliphatic heterocycles. The summed E-state index contributed by atoms with van der Waals surface area (Å²) in [5.41, 5.74) is 1.11. The molecule has 1 aliphatic rings. The lowest BCUT2D eigenvalue weighted by molar-refractivity contribution is -0.124. The number of piperazine rings is 1. The van der Waals surface area contributed by atoms with E-state index in [-0.39, 0.29) is 17.6 Å². The standard InChI is InChI=1S/C19H19FN2O3/c1-13-18(23)22(16-8-6-15(20)7-9-16)11-10-21(13)19(24)14-4-3-5-17(12-14)25-2/h3-9,12-13H,10-11H2,1-2H3. The van der Waals surface area contributed by atoms with E-state index < -0.39 is 6.04 Å². The van der Waals surface area contributed by atoms with E-state index in [1.165, 1.54) is 19.2 Å². The summed E-state index contributed by atoms with van der Waals surface area (Å²) in [4.78, 5) is 28.6. The molecule has 2 aromatic rings. The van der Waals surface area contributed by atoms with Crippen molar-refractivity contribution in [1.82, 2.24) is 4.90 Å². The highest BCUT2D eigenvalue weighted by molar-refractivity contribution is 6.03. The second-order valence-corrected chi connectivity index (χ2v) is 5.87. The van der Waals surface area contributed by atoms with Crippen molar-refractivity contribution in [2.45, 2.75) is 13.0 Å². The molecule has 5 nitrogen and oxygen atoms in total. The van der Waals surface area contributed by atoms with Gasteiger partial charge in [0.05, 0.1) is 7.11 Å². The Morgan fingerprint density at radius 3 is 2.56 bits per heavy atom. The second kappa shape index (κ2) is 6.93. The van der Waals surface area contributed by atoms with Crippen molar-refractivity contribution < 1.29 is 18.7 Å². The zero-order chi connectivity index (χ0) is 18.0. The van der Waals surface area contributed by atoms with Gasteiger partial charge in [-0.05, 0) is 49.4 Å². The number of hydrogen-bond acceptors (Lipinski definition) is 3. The van der Waals surface area contributed by atoms with E-state index in [1.807, 2.05) is 0 Å². The van der Waals surface area contributed by atoms with Gasteiger partial charge in [0.25, 0.3) is 5.91 Å². The van der Waals surface area contributed by atoms with Crippen LogP contribution in [-0.2, 0) is 4.79 Å². The zero-order valence-corrected chi connectivity index (χ0v) is 14.1. The van der Waals surface area contributed by atoms with Gasteiger partial charge in [-0.3, -0.25) is 9.59 Å². The molecule has 0 aromatic heterocycles. The highest BCUT2D eigenvalue weighted by atomic mass is 19.1. The van der Waals surface area contributed by atoms with Crippen molar-refractivity contribution in [2.75, 3.05) is 25.1 Å². The Hall–Kier alpha value is -2.89. The Balaban J connectivity index is 1.79. The lowest BCUT2D eigenvalue weighted by Crippen LogP contribution is -2.57. The molecule has 25 heavy (non-hydrogen) atoms. The molecule has 2 aromatic carbocycles. The minimum absolute atomic E-state index is 0.186. The predicted molar refractivity (Wildman–Crippen MR) is 92.2 cm³/mol. The number of halogens is 1. The van der Waals surface area contributed by atoms with E-state index in [2.05, 4.69) is 0 Å². The number of nitrogens with zero attached hydrogens (tertiary/aromatic N) is 2. The molecule has 1 fully saturated rings. The van der Waals surface area contributed by atoms with E-state index in [0.29, 0.717) is 30.1 Å². The predicted octanol–water partition coefficient (Wildman–Crippen LogP) is 2.71. The van der Waals surface area contributed by atoms with Crippen LogP contribution in [0.3, 0.4) is 0 Å². The first kappa shape index (κ1) is 17.0. The van der Waals surface area contributed by atoms with Gasteiger partial charge in [-0.2, -0.15) is 0 Å². The minimum Gasteiger partial charge on any atom is -0.497 e. The molecule has 1 saturated heterocycles. The Morgan fingerprint density at radius 2 is 1.88 bits per heavy atom. The van der Waals surface area contributed by atoms with Gasteiger partial charge in [-0.1, -0.05) is 6.07 Å². The smallest absolute Gasteiger partial charge is 0.254 e. The van der Waals surface area contributed by atoms with Crippen LogP contribution in [0.4, 0.5) is 10.1 Å². The van der Waals surface area contributed by atoms with Gasteiger partial charge in [-0.15, -0.1) is 0 Å². The molecule has 1 unspecified atom stereocenters. The van der Waals surface area contributed by atoms with Gasteiger partial charge in [0.15, 0.2) is 0 Å². The Morgan fingerprint density at radius 1 is 1.16 bits per heavy atom. The van der Waals surface area contributed by atoms with Crippen molar-refractivity contribution in [3.8, 4) is 5.75 Å². The van der Waals surface area contributed by atoms with Crippen LogP contribution in [0.2, 0.25) is 0 Å². The summed E-state index contributed by atoms with van der Waals surface area (Å²) in [7, 11) is 1.54. The zero-order valence-electron chi connectivity index (χ0n) is 14.1. The van der Waals surface area contributed by atoms with E-state index in [4.69, 9.17) is 4.74 Å². The average Bonchev–Trinajstić information content (AvgIpc) is 2.64. The first-order valence-electron chi connectivity index (χ1n) is 8.03. The van der Waals surface area contributed by atoms with Crippen LogP contribution in [0, 0.1) is 5.82 Å². The topological polar surface area (TPSA) is 49.9 Å². The summed E-state index contributed by atoms with van der Waals surface area (Å²) < 4.78 is 18.2. The van der Waals surface area contributed by atoms with Gasteiger partial charge in [-0.25, -0.2) is 4.39 Å². The fourth-order valence-corrected chi connectivity index (χ4v) is 2.95. The molecule has 2 amide bonds. The Labute approximate surface area is 145 Å². The number of ether oxygens (including phenoxy) is 1. The van der Waals surface area contributed by atoms with Gasteiger partial charge >= 0.3 is 0 Å². The number of rotatable bonds is 3. The van der Waals surface area contributed by atoms with Crippen LogP contribution in [0.15, 0.2) is 48.5 Å². The van der Waals surface area contributed by atoms with Gasteiger partial charge in [0.1, 0.15) is 17.6 Å². The van der Waals surface area contributed by atoms with Crippen molar-refractivity contribution in [1.29, 1.82) is 0 Å². The lowest BCUT2D eigenvalue weighted by Gasteiger charge is -2.39. The number of carbonyl (C=O) groups is 2. The summed E-state index contributed by atoms with van der Waals surface area (Å²) >= 11 is 0. The number of carbonyl (C=O) groups excluding carboxylic acids is 2. The average molecular weight is 342 g/mol. The van der Waals surface area contributed by atoms with Crippen LogP contribution in [-0.4, -0.2) is 43.0 Å². The van der Waals surface area contributed by atoms with Gasteiger partial charge < -0.3 is 14.5 Å². The minimum atomic E-state index is -0.600. The first-order valence-corrected chi connectivity index (χ1v) is 8.03. The van der Waals surface area contributed by atoms with E-state index in [1.54, 1.807) is 53.1 Å². The molecule has 0 saturated carbocycles. The van der Waals surface area contributed by atoms with Crippen molar-refractivity contribution >= 4 is 17.5 Å². The maximum Gasteiger partial charge on any atom is 0.254 e. The van der Waals surface area contributed by atoms with Crippen LogP contribution >= 0.6 is 0 Å². The SMILES string of the molecule is COc1cccc(C(=O)N2CCN(c3ccc(F)cc3)C(=O)C2C)c1. The molecule has 3 rings (SSSR count). The number of methoxy groups -OCH3 is 1. The van der Waals surface area contributed by atoms with Crippen LogP contribution < -0.4 is 9.64 Å². The third-order valence-electron chi connectivity index (χ3n) is 4.37. The Bertz CT molecular complexity index is 792. The van der Waals surface area contributed by atoms with Crippen molar-refractivity contribution in [2.24, 2.45) is 0 Å². The number of amides is 2. The number of anilines is 1. The molecular formula is C19H19FN2O3. The quantitative estimate of drug-likeness (QED) is 0.862. The molecule has 0 spiro atoms. The number of benzene rings is 2. The number of hydrogen-bond donors (Lipinski definition) is 0. The fraction of sp³-hybridized carbons (Fsp3) is 0.263. The van der Waals surface area contributed by atoms with Crippen molar-refractivity contribution in [3.63, 3.8) is 0 Å². The van der Waals surface area contributed by atoms with Crippen LogP contribution in [0.5, 0.6) is 5.75 Å². The molecule has 0 aliphatic carbocycles. The summed E-state index contributed by atoms with van der Waals surface area (Å²) in [6.07, 6.45) is 0. The molecule has 6 heteroatoms.